The molecule has 0 spiro atoms. The highest BCUT2D eigenvalue weighted by atomic mass is 32.2. The van der Waals surface area contributed by atoms with Crippen molar-refractivity contribution in [3.05, 3.63) is 131 Å². The van der Waals surface area contributed by atoms with E-state index in [4.69, 9.17) is 4.74 Å². The van der Waals surface area contributed by atoms with Crippen molar-refractivity contribution < 1.29 is 19.1 Å². The summed E-state index contributed by atoms with van der Waals surface area (Å²) in [7, 11) is 1.62. The van der Waals surface area contributed by atoms with Crippen LogP contribution in [0.3, 0.4) is 0 Å². The van der Waals surface area contributed by atoms with Crippen molar-refractivity contribution in [1.29, 1.82) is 0 Å². The number of methoxy groups -OCH3 is 1. The van der Waals surface area contributed by atoms with Gasteiger partial charge in [-0.25, -0.2) is 4.98 Å². The van der Waals surface area contributed by atoms with Gasteiger partial charge in [0, 0.05) is 27.1 Å². The molecule has 0 aliphatic rings. The van der Waals surface area contributed by atoms with E-state index >= 15 is 0 Å². The number of anilines is 2. The number of carbonyl (C=O) groups excluding carboxylic acids is 3. The monoisotopic (exact) mass is 620 g/mol. The number of rotatable bonds is 11. The van der Waals surface area contributed by atoms with Gasteiger partial charge in [0.2, 0.25) is 5.91 Å². The van der Waals surface area contributed by atoms with Gasteiger partial charge < -0.3 is 20.7 Å². The molecule has 0 aliphatic heterocycles. The summed E-state index contributed by atoms with van der Waals surface area (Å²) in [4.78, 5) is 44.1. The predicted octanol–water partition coefficient (Wildman–Crippen LogP) is 6.96. The van der Waals surface area contributed by atoms with E-state index in [1.807, 2.05) is 72.1 Å². The number of hydrogen-bond donors (Lipinski definition) is 3. The fourth-order valence-electron chi connectivity index (χ4n) is 4.05. The van der Waals surface area contributed by atoms with Crippen LogP contribution in [0.15, 0.2) is 125 Å². The van der Waals surface area contributed by atoms with Crippen LogP contribution in [0.1, 0.15) is 15.9 Å². The summed E-state index contributed by atoms with van der Waals surface area (Å²) in [6.07, 6.45) is 1.62. The zero-order chi connectivity index (χ0) is 30.7. The maximum atomic E-state index is 13.3. The maximum absolute atomic E-state index is 13.3. The standard InChI is InChI=1S/C34H28N4O4S2/c1-42-27-17-15-24(16-18-27)30-21-44-34(37-30)38-31(39)22-43-28-14-8-13-26(20-28)35-33(41)29(19-23-9-4-2-5-10-23)36-32(40)25-11-6-3-7-12-25/h2-21H,22H2,1H3,(H,35,41)(H,36,40)(H,37,38,39)/b29-19-. The summed E-state index contributed by atoms with van der Waals surface area (Å²) in [5.41, 5.74) is 3.52. The Bertz CT molecular complexity index is 1770. The SMILES string of the molecule is COc1ccc(-c2csc(NC(=O)CSc3cccc(NC(=O)/C(=C/c4ccccc4)NC(=O)c4ccccc4)c3)n2)cc1. The van der Waals surface area contributed by atoms with Crippen molar-refractivity contribution in [1.82, 2.24) is 10.3 Å². The van der Waals surface area contributed by atoms with E-state index < -0.39 is 11.8 Å². The van der Waals surface area contributed by atoms with Crippen molar-refractivity contribution in [3.8, 4) is 17.0 Å². The van der Waals surface area contributed by atoms with Crippen LogP contribution in [0.25, 0.3) is 17.3 Å². The second-order valence-corrected chi connectivity index (χ2v) is 11.3. The Kier molecular flexibility index (Phi) is 10.2. The van der Waals surface area contributed by atoms with E-state index in [1.165, 1.54) is 23.1 Å². The van der Waals surface area contributed by atoms with Crippen molar-refractivity contribution >= 4 is 57.7 Å². The predicted molar refractivity (Wildman–Crippen MR) is 177 cm³/mol. The maximum Gasteiger partial charge on any atom is 0.272 e. The van der Waals surface area contributed by atoms with Gasteiger partial charge in [-0.3, -0.25) is 14.4 Å². The Morgan fingerprint density at radius 1 is 0.864 bits per heavy atom. The first-order chi connectivity index (χ1) is 21.5. The average molecular weight is 621 g/mol. The summed E-state index contributed by atoms with van der Waals surface area (Å²) in [5.74, 6) is -0.154. The van der Waals surface area contributed by atoms with Gasteiger partial charge in [-0.05, 0) is 66.2 Å². The second-order valence-electron chi connectivity index (χ2n) is 9.37. The highest BCUT2D eigenvalue weighted by molar-refractivity contribution is 8.00. The highest BCUT2D eigenvalue weighted by Crippen LogP contribution is 2.27. The van der Waals surface area contributed by atoms with E-state index in [0.717, 1.165) is 27.5 Å². The molecule has 5 rings (SSSR count). The van der Waals surface area contributed by atoms with E-state index in [2.05, 4.69) is 20.9 Å². The molecule has 1 heterocycles. The molecule has 3 N–H and O–H groups in total. The molecule has 4 aromatic carbocycles. The number of thioether (sulfide) groups is 1. The summed E-state index contributed by atoms with van der Waals surface area (Å²) >= 11 is 2.68. The lowest BCUT2D eigenvalue weighted by Gasteiger charge is -2.12. The molecular formula is C34H28N4O4S2. The lowest BCUT2D eigenvalue weighted by atomic mass is 10.1. The highest BCUT2D eigenvalue weighted by Gasteiger charge is 2.16. The zero-order valence-electron chi connectivity index (χ0n) is 23.7. The number of hydrogen-bond acceptors (Lipinski definition) is 7. The molecule has 0 bridgehead atoms. The largest absolute Gasteiger partial charge is 0.497 e. The van der Waals surface area contributed by atoms with Gasteiger partial charge in [0.05, 0.1) is 18.6 Å². The molecular weight excluding hydrogens is 593 g/mol. The molecule has 0 unspecified atom stereocenters. The zero-order valence-corrected chi connectivity index (χ0v) is 25.3. The molecule has 3 amide bonds. The lowest BCUT2D eigenvalue weighted by molar-refractivity contribution is -0.114. The molecule has 10 heteroatoms. The lowest BCUT2D eigenvalue weighted by Crippen LogP contribution is -2.30. The number of amides is 3. The van der Waals surface area contributed by atoms with Gasteiger partial charge in [-0.1, -0.05) is 54.6 Å². The number of nitrogens with zero attached hydrogens (tertiary/aromatic N) is 1. The molecule has 0 radical (unpaired) electrons. The average Bonchev–Trinajstić information content (AvgIpc) is 3.53. The number of carbonyl (C=O) groups is 3. The minimum atomic E-state index is -0.477. The van der Waals surface area contributed by atoms with E-state index in [9.17, 15) is 14.4 Å². The van der Waals surface area contributed by atoms with Crippen LogP contribution in [-0.4, -0.2) is 35.6 Å². The van der Waals surface area contributed by atoms with Crippen molar-refractivity contribution in [2.75, 3.05) is 23.5 Å². The van der Waals surface area contributed by atoms with Gasteiger partial charge in [0.1, 0.15) is 11.4 Å². The molecule has 0 fully saturated rings. The van der Waals surface area contributed by atoms with Gasteiger partial charge in [0.25, 0.3) is 11.8 Å². The Balaban J connectivity index is 1.20. The first-order valence-corrected chi connectivity index (χ1v) is 15.4. The molecule has 44 heavy (non-hydrogen) atoms. The van der Waals surface area contributed by atoms with Gasteiger partial charge in [-0.2, -0.15) is 0 Å². The third-order valence-corrected chi connectivity index (χ3v) is 7.99. The van der Waals surface area contributed by atoms with Crippen molar-refractivity contribution in [2.24, 2.45) is 0 Å². The van der Waals surface area contributed by atoms with Gasteiger partial charge >= 0.3 is 0 Å². The second kappa shape index (κ2) is 14.8. The minimum absolute atomic E-state index is 0.0972. The molecule has 1 aromatic heterocycles. The summed E-state index contributed by atoms with van der Waals surface area (Å²) < 4.78 is 5.20. The van der Waals surface area contributed by atoms with Crippen molar-refractivity contribution in [2.45, 2.75) is 4.90 Å². The fraction of sp³-hybridized carbons (Fsp3) is 0.0588. The smallest absolute Gasteiger partial charge is 0.272 e. The summed E-state index contributed by atoms with van der Waals surface area (Å²) in [6, 6.07) is 32.7. The quantitative estimate of drug-likeness (QED) is 0.109. The molecule has 220 valence electrons. The third kappa shape index (κ3) is 8.43. The number of thiazole rings is 1. The first-order valence-electron chi connectivity index (χ1n) is 13.5. The van der Waals surface area contributed by atoms with Gasteiger partial charge in [0.15, 0.2) is 5.13 Å². The van der Waals surface area contributed by atoms with Crippen LogP contribution in [0.4, 0.5) is 10.8 Å². The number of benzene rings is 4. The normalized spacial score (nSPS) is 11.0. The first kappa shape index (κ1) is 30.3. The van der Waals surface area contributed by atoms with Gasteiger partial charge in [-0.15, -0.1) is 23.1 Å². The van der Waals surface area contributed by atoms with Crippen LogP contribution in [0, 0.1) is 0 Å². The molecule has 8 nitrogen and oxygen atoms in total. The summed E-state index contributed by atoms with van der Waals surface area (Å²) in [6.45, 7) is 0. The van der Waals surface area contributed by atoms with Crippen molar-refractivity contribution in [3.63, 3.8) is 0 Å². The fourth-order valence-corrected chi connectivity index (χ4v) is 5.54. The van der Waals surface area contributed by atoms with E-state index in [0.29, 0.717) is 16.4 Å². The minimum Gasteiger partial charge on any atom is -0.497 e. The topological polar surface area (TPSA) is 109 Å². The molecule has 0 saturated carbocycles. The Labute approximate surface area is 263 Å². The third-order valence-electron chi connectivity index (χ3n) is 6.24. The molecule has 0 saturated heterocycles. The molecule has 0 atom stereocenters. The van der Waals surface area contributed by atoms with E-state index in [-0.39, 0.29) is 17.4 Å². The van der Waals surface area contributed by atoms with Crippen LogP contribution >= 0.6 is 23.1 Å². The van der Waals surface area contributed by atoms with Crippen LogP contribution in [0.5, 0.6) is 5.75 Å². The van der Waals surface area contributed by atoms with Crippen LogP contribution in [-0.2, 0) is 9.59 Å². The Morgan fingerprint density at radius 3 is 2.32 bits per heavy atom. The Morgan fingerprint density at radius 2 is 1.59 bits per heavy atom. The van der Waals surface area contributed by atoms with Crippen LogP contribution in [0.2, 0.25) is 0 Å². The number of aromatic nitrogens is 1. The number of nitrogens with one attached hydrogen (secondary N) is 3. The molecule has 0 aliphatic carbocycles. The summed E-state index contributed by atoms with van der Waals surface area (Å²) in [5, 5.41) is 10.8. The Hall–Kier alpha value is -5.19. The van der Waals surface area contributed by atoms with E-state index in [1.54, 1.807) is 55.7 Å². The molecule has 5 aromatic rings. The van der Waals surface area contributed by atoms with Crippen LogP contribution < -0.4 is 20.7 Å². The number of ether oxygens (including phenoxy) is 1.